The number of hydrogen-bond acceptors (Lipinski definition) is 2. The molecule has 5 heteroatoms. The summed E-state index contributed by atoms with van der Waals surface area (Å²) in [4.78, 5) is 12.4. The molecule has 0 saturated heterocycles. The molecule has 2 aromatic heterocycles. The van der Waals surface area contributed by atoms with Crippen molar-refractivity contribution in [2.45, 2.75) is 6.42 Å². The van der Waals surface area contributed by atoms with Crippen LogP contribution in [0.5, 0.6) is 0 Å². The average Bonchev–Trinajstić information content (AvgIpc) is 3.27. The van der Waals surface area contributed by atoms with Crippen LogP contribution in [0.1, 0.15) is 17.0 Å². The summed E-state index contributed by atoms with van der Waals surface area (Å²) in [6.45, 7) is 0. The predicted octanol–water partition coefficient (Wildman–Crippen LogP) is 4.25. The zero-order valence-corrected chi connectivity index (χ0v) is 15.0. The van der Waals surface area contributed by atoms with Gasteiger partial charge < -0.3 is 9.88 Å². The molecule has 1 amide bonds. The van der Waals surface area contributed by atoms with Gasteiger partial charge >= 0.3 is 0 Å². The number of amides is 1. The quantitative estimate of drug-likeness (QED) is 0.561. The van der Waals surface area contributed by atoms with E-state index >= 15 is 0 Å². The van der Waals surface area contributed by atoms with Gasteiger partial charge in [0.05, 0.1) is 17.6 Å². The van der Waals surface area contributed by atoms with Gasteiger partial charge in [0, 0.05) is 30.0 Å². The first kappa shape index (κ1) is 16.8. The first-order valence-electron chi connectivity index (χ1n) is 8.81. The monoisotopic (exact) mass is 356 g/mol. The molecule has 0 unspecified atom stereocenters. The van der Waals surface area contributed by atoms with E-state index in [9.17, 15) is 4.79 Å². The highest BCUT2D eigenvalue weighted by Crippen LogP contribution is 2.21. The smallest absolute Gasteiger partial charge is 0.230 e. The molecule has 0 aliphatic rings. The molecule has 4 rings (SSSR count). The van der Waals surface area contributed by atoms with E-state index in [1.165, 1.54) is 0 Å². The Morgan fingerprint density at radius 1 is 1.07 bits per heavy atom. The van der Waals surface area contributed by atoms with Crippen LogP contribution in [0.15, 0.2) is 66.9 Å². The van der Waals surface area contributed by atoms with Crippen molar-refractivity contribution in [3.63, 3.8) is 0 Å². The zero-order chi connectivity index (χ0) is 18.6. The number of aromatic nitrogens is 3. The third-order valence-electron chi connectivity index (χ3n) is 4.55. The standard InChI is InChI=1S/C22H20N4O/c1-26-14-6-8-17(26)15-22(27)23-19-10-4-2-7-16(19)12-13-21-18-9-3-5-11-20(18)24-25-21/h2-14H,15H2,1H3,(H,23,27)(H,24,25)/b13-12+. The van der Waals surface area contributed by atoms with Gasteiger partial charge in [-0.3, -0.25) is 9.89 Å². The van der Waals surface area contributed by atoms with E-state index in [0.717, 1.165) is 33.5 Å². The second-order valence-corrected chi connectivity index (χ2v) is 6.41. The zero-order valence-electron chi connectivity index (χ0n) is 15.0. The van der Waals surface area contributed by atoms with Crippen molar-refractivity contribution in [3.8, 4) is 0 Å². The Bertz CT molecular complexity index is 1120. The maximum absolute atomic E-state index is 12.4. The highest BCUT2D eigenvalue weighted by Gasteiger charge is 2.08. The van der Waals surface area contributed by atoms with Crippen LogP contribution in [0.25, 0.3) is 23.1 Å². The summed E-state index contributed by atoms with van der Waals surface area (Å²) in [5.74, 6) is -0.0390. The average molecular weight is 356 g/mol. The SMILES string of the molecule is Cn1cccc1CC(=O)Nc1ccccc1/C=C/c1n[nH]c2ccccc12. The third kappa shape index (κ3) is 3.67. The van der Waals surface area contributed by atoms with Crippen LogP contribution < -0.4 is 5.32 Å². The largest absolute Gasteiger partial charge is 0.354 e. The lowest BCUT2D eigenvalue weighted by atomic mass is 10.1. The lowest BCUT2D eigenvalue weighted by Gasteiger charge is -2.09. The third-order valence-corrected chi connectivity index (χ3v) is 4.55. The van der Waals surface area contributed by atoms with Crippen LogP contribution in [0, 0.1) is 0 Å². The first-order valence-corrected chi connectivity index (χ1v) is 8.81. The molecular formula is C22H20N4O. The highest BCUT2D eigenvalue weighted by atomic mass is 16.1. The van der Waals surface area contributed by atoms with E-state index in [1.54, 1.807) is 0 Å². The first-order chi connectivity index (χ1) is 13.2. The molecule has 5 nitrogen and oxygen atoms in total. The number of rotatable bonds is 5. The molecular weight excluding hydrogens is 336 g/mol. The van der Waals surface area contributed by atoms with Crippen LogP contribution in [-0.4, -0.2) is 20.7 Å². The Morgan fingerprint density at radius 3 is 2.74 bits per heavy atom. The number of carbonyl (C=O) groups excluding carboxylic acids is 1. The molecule has 27 heavy (non-hydrogen) atoms. The van der Waals surface area contributed by atoms with Crippen LogP contribution in [0.3, 0.4) is 0 Å². The molecule has 0 spiro atoms. The van der Waals surface area contributed by atoms with Crippen molar-refractivity contribution >= 4 is 34.6 Å². The summed E-state index contributed by atoms with van der Waals surface area (Å²) in [5.41, 5.74) is 4.57. The molecule has 0 radical (unpaired) electrons. The van der Waals surface area contributed by atoms with Gasteiger partial charge in [0.15, 0.2) is 0 Å². The molecule has 2 aromatic carbocycles. The van der Waals surface area contributed by atoms with Crippen molar-refractivity contribution in [1.82, 2.24) is 14.8 Å². The van der Waals surface area contributed by atoms with Crippen molar-refractivity contribution in [1.29, 1.82) is 0 Å². The number of hydrogen-bond donors (Lipinski definition) is 2. The van der Waals surface area contributed by atoms with Crippen molar-refractivity contribution < 1.29 is 4.79 Å². The summed E-state index contributed by atoms with van der Waals surface area (Å²) in [6.07, 6.45) is 6.21. The molecule has 0 saturated carbocycles. The van der Waals surface area contributed by atoms with E-state index in [2.05, 4.69) is 15.5 Å². The number of fused-ring (bicyclic) bond motifs is 1. The number of benzene rings is 2. The predicted molar refractivity (Wildman–Crippen MR) is 109 cm³/mol. The molecule has 0 aliphatic heterocycles. The van der Waals surface area contributed by atoms with E-state index in [0.29, 0.717) is 6.42 Å². The number of carbonyl (C=O) groups is 1. The fraction of sp³-hybridized carbons (Fsp3) is 0.0909. The second kappa shape index (κ2) is 7.33. The molecule has 2 N–H and O–H groups in total. The van der Waals surface area contributed by atoms with Crippen LogP contribution in [0.2, 0.25) is 0 Å². The van der Waals surface area contributed by atoms with Gasteiger partial charge in [-0.05, 0) is 35.9 Å². The van der Waals surface area contributed by atoms with Gasteiger partial charge in [0.2, 0.25) is 5.91 Å². The van der Waals surface area contributed by atoms with E-state index in [4.69, 9.17) is 0 Å². The van der Waals surface area contributed by atoms with Crippen LogP contribution in [0.4, 0.5) is 5.69 Å². The van der Waals surface area contributed by atoms with E-state index in [-0.39, 0.29) is 5.91 Å². The van der Waals surface area contributed by atoms with Crippen LogP contribution >= 0.6 is 0 Å². The number of aryl methyl sites for hydroxylation is 1. The number of para-hydroxylation sites is 2. The number of H-pyrrole nitrogens is 1. The lowest BCUT2D eigenvalue weighted by Crippen LogP contribution is -2.16. The maximum Gasteiger partial charge on any atom is 0.230 e. The minimum Gasteiger partial charge on any atom is -0.354 e. The number of aromatic amines is 1. The van der Waals surface area contributed by atoms with Gasteiger partial charge in [-0.2, -0.15) is 5.10 Å². The molecule has 134 valence electrons. The Morgan fingerprint density at radius 2 is 1.89 bits per heavy atom. The van der Waals surface area contributed by atoms with E-state index in [1.807, 2.05) is 90.6 Å². The van der Waals surface area contributed by atoms with Gasteiger partial charge in [0.25, 0.3) is 0 Å². The van der Waals surface area contributed by atoms with Crippen molar-refractivity contribution in [3.05, 3.63) is 83.8 Å². The summed E-state index contributed by atoms with van der Waals surface area (Å²) in [5, 5.41) is 11.5. The Kier molecular flexibility index (Phi) is 4.58. The minimum absolute atomic E-state index is 0.0390. The Hall–Kier alpha value is -3.60. The fourth-order valence-corrected chi connectivity index (χ4v) is 3.08. The summed E-state index contributed by atoms with van der Waals surface area (Å²) >= 11 is 0. The molecule has 0 bridgehead atoms. The highest BCUT2D eigenvalue weighted by molar-refractivity contribution is 5.96. The topological polar surface area (TPSA) is 62.7 Å². The van der Waals surface area contributed by atoms with Gasteiger partial charge in [-0.1, -0.05) is 42.5 Å². The van der Waals surface area contributed by atoms with E-state index < -0.39 is 0 Å². The Balaban J connectivity index is 1.54. The van der Waals surface area contributed by atoms with Crippen molar-refractivity contribution in [2.75, 3.05) is 5.32 Å². The molecule has 0 atom stereocenters. The summed E-state index contributed by atoms with van der Waals surface area (Å²) in [7, 11) is 1.94. The summed E-state index contributed by atoms with van der Waals surface area (Å²) in [6, 6.07) is 19.6. The minimum atomic E-state index is -0.0390. The molecule has 4 aromatic rings. The molecule has 0 fully saturated rings. The van der Waals surface area contributed by atoms with Gasteiger partial charge in [0.1, 0.15) is 0 Å². The fourth-order valence-electron chi connectivity index (χ4n) is 3.08. The van der Waals surface area contributed by atoms with Gasteiger partial charge in [-0.15, -0.1) is 0 Å². The summed E-state index contributed by atoms with van der Waals surface area (Å²) < 4.78 is 1.95. The maximum atomic E-state index is 12.4. The normalized spacial score (nSPS) is 11.3. The number of anilines is 1. The van der Waals surface area contributed by atoms with Crippen molar-refractivity contribution in [2.24, 2.45) is 7.05 Å². The lowest BCUT2D eigenvalue weighted by molar-refractivity contribution is -0.115. The number of nitrogens with one attached hydrogen (secondary N) is 2. The van der Waals surface area contributed by atoms with Gasteiger partial charge in [-0.25, -0.2) is 0 Å². The molecule has 0 aliphatic carbocycles. The Labute approximate surface area is 157 Å². The molecule has 2 heterocycles. The van der Waals surface area contributed by atoms with Crippen LogP contribution in [-0.2, 0) is 18.3 Å². The number of nitrogens with zero attached hydrogens (tertiary/aromatic N) is 2. The second-order valence-electron chi connectivity index (χ2n) is 6.41.